The van der Waals surface area contributed by atoms with Crippen LogP contribution in [0.15, 0.2) is 42.5 Å². The minimum Gasteiger partial charge on any atom is -0.460 e. The third-order valence-electron chi connectivity index (χ3n) is 3.93. The van der Waals surface area contributed by atoms with Gasteiger partial charge in [0.2, 0.25) is 0 Å². The summed E-state index contributed by atoms with van der Waals surface area (Å²) in [5.74, 6) is 0.257. The van der Waals surface area contributed by atoms with Gasteiger partial charge >= 0.3 is 5.97 Å². The molecule has 0 aliphatic heterocycles. The fourth-order valence-corrected chi connectivity index (χ4v) is 2.44. The molecule has 2 heterocycles. The van der Waals surface area contributed by atoms with E-state index < -0.39 is 5.97 Å². The molecule has 0 aliphatic rings. The number of carbonyl (C=O) groups is 1. The van der Waals surface area contributed by atoms with E-state index in [1.54, 1.807) is 13.0 Å². The van der Waals surface area contributed by atoms with Gasteiger partial charge in [0, 0.05) is 7.05 Å². The molecule has 0 radical (unpaired) electrons. The Morgan fingerprint density at radius 2 is 1.96 bits per heavy atom. The molecule has 3 aromatic rings. The van der Waals surface area contributed by atoms with Crippen LogP contribution in [0.25, 0.3) is 5.65 Å². The molecule has 0 spiro atoms. The highest BCUT2D eigenvalue weighted by Crippen LogP contribution is 2.23. The highest BCUT2D eigenvalue weighted by molar-refractivity contribution is 5.86. The maximum Gasteiger partial charge on any atom is 0.378 e. The minimum atomic E-state index is -0.534. The van der Waals surface area contributed by atoms with Gasteiger partial charge in [-0.2, -0.15) is 4.52 Å². The smallest absolute Gasteiger partial charge is 0.378 e. The Bertz CT molecular complexity index is 847. The lowest BCUT2D eigenvalue weighted by Crippen LogP contribution is -2.23. The fourth-order valence-electron chi connectivity index (χ4n) is 2.44. The molecule has 7 heteroatoms. The first-order valence-electron chi connectivity index (χ1n) is 7.79. The molecule has 124 valence electrons. The summed E-state index contributed by atoms with van der Waals surface area (Å²) in [6.07, 6.45) is 0. The van der Waals surface area contributed by atoms with Crippen LogP contribution in [-0.4, -0.2) is 39.4 Å². The van der Waals surface area contributed by atoms with Crippen molar-refractivity contribution in [2.75, 3.05) is 18.6 Å². The lowest BCUT2D eigenvalue weighted by Gasteiger charge is -2.26. The Morgan fingerprint density at radius 1 is 1.21 bits per heavy atom. The molecule has 0 saturated carbocycles. The van der Waals surface area contributed by atoms with Crippen LogP contribution in [0.3, 0.4) is 0 Å². The first-order valence-corrected chi connectivity index (χ1v) is 7.79. The summed E-state index contributed by atoms with van der Waals surface area (Å²) in [6, 6.07) is 13.9. The predicted octanol–water partition coefficient (Wildman–Crippen LogP) is 2.50. The van der Waals surface area contributed by atoms with Crippen LogP contribution in [0.5, 0.6) is 0 Å². The van der Waals surface area contributed by atoms with E-state index in [2.05, 4.69) is 34.4 Å². The molecule has 0 N–H and O–H groups in total. The summed E-state index contributed by atoms with van der Waals surface area (Å²) < 4.78 is 6.41. The molecule has 0 bridgehead atoms. The second-order valence-electron chi connectivity index (χ2n) is 5.40. The molecule has 1 atom stereocenters. The van der Waals surface area contributed by atoms with E-state index in [1.165, 1.54) is 10.1 Å². The first-order chi connectivity index (χ1) is 11.6. The lowest BCUT2D eigenvalue weighted by atomic mass is 10.1. The van der Waals surface area contributed by atoms with E-state index in [1.807, 2.05) is 36.2 Å². The molecule has 0 amide bonds. The first kappa shape index (κ1) is 15.9. The number of anilines is 1. The van der Waals surface area contributed by atoms with E-state index in [9.17, 15) is 4.79 Å². The van der Waals surface area contributed by atoms with Crippen molar-refractivity contribution in [1.82, 2.24) is 19.8 Å². The van der Waals surface area contributed by atoms with Gasteiger partial charge < -0.3 is 9.64 Å². The van der Waals surface area contributed by atoms with Crippen LogP contribution in [0.2, 0.25) is 0 Å². The number of aromatic nitrogens is 4. The van der Waals surface area contributed by atoms with Crippen molar-refractivity contribution in [3.05, 3.63) is 53.9 Å². The standard InChI is InChI=1S/C17H19N5O2/c1-4-24-17(23)16-19-18-14-10-11-15(20-22(14)16)21(3)12(2)13-8-6-5-7-9-13/h5-12H,4H2,1-3H3/t12-/m0/s1. The lowest BCUT2D eigenvalue weighted by molar-refractivity contribution is 0.0509. The second-order valence-corrected chi connectivity index (χ2v) is 5.40. The predicted molar refractivity (Wildman–Crippen MR) is 90.0 cm³/mol. The summed E-state index contributed by atoms with van der Waals surface area (Å²) in [5.41, 5.74) is 1.68. The van der Waals surface area contributed by atoms with E-state index in [-0.39, 0.29) is 18.5 Å². The number of fused-ring (bicyclic) bond motifs is 1. The number of nitrogens with zero attached hydrogens (tertiary/aromatic N) is 5. The zero-order valence-electron chi connectivity index (χ0n) is 13.9. The molecule has 0 fully saturated rings. The van der Waals surface area contributed by atoms with Crippen LogP contribution in [0, 0.1) is 0 Å². The SMILES string of the molecule is CCOC(=O)c1nnc2ccc(N(C)[C@@H](C)c3ccccc3)nn12. The summed E-state index contributed by atoms with van der Waals surface area (Å²) in [5, 5.41) is 12.3. The summed E-state index contributed by atoms with van der Waals surface area (Å²) in [4.78, 5) is 14.0. The minimum absolute atomic E-state index is 0.0782. The Hall–Kier alpha value is -2.96. The Balaban J connectivity index is 1.95. The van der Waals surface area contributed by atoms with Crippen LogP contribution < -0.4 is 4.90 Å². The van der Waals surface area contributed by atoms with Gasteiger partial charge in [0.25, 0.3) is 5.82 Å². The third-order valence-corrected chi connectivity index (χ3v) is 3.93. The summed E-state index contributed by atoms with van der Waals surface area (Å²) in [6.45, 7) is 4.12. The summed E-state index contributed by atoms with van der Waals surface area (Å²) >= 11 is 0. The largest absolute Gasteiger partial charge is 0.460 e. The van der Waals surface area contributed by atoms with Crippen molar-refractivity contribution in [3.63, 3.8) is 0 Å². The van der Waals surface area contributed by atoms with E-state index >= 15 is 0 Å². The highest BCUT2D eigenvalue weighted by atomic mass is 16.5. The third kappa shape index (κ3) is 2.92. The average molecular weight is 325 g/mol. The van der Waals surface area contributed by atoms with Crippen molar-refractivity contribution in [1.29, 1.82) is 0 Å². The zero-order valence-corrected chi connectivity index (χ0v) is 13.9. The van der Waals surface area contributed by atoms with Crippen molar-refractivity contribution in [2.45, 2.75) is 19.9 Å². The molecule has 24 heavy (non-hydrogen) atoms. The Morgan fingerprint density at radius 3 is 2.67 bits per heavy atom. The van der Waals surface area contributed by atoms with Crippen molar-refractivity contribution >= 4 is 17.4 Å². The molecule has 3 rings (SSSR count). The van der Waals surface area contributed by atoms with Crippen LogP contribution in [0.4, 0.5) is 5.82 Å². The number of carbonyl (C=O) groups excluding carboxylic acids is 1. The van der Waals surface area contributed by atoms with Crippen LogP contribution >= 0.6 is 0 Å². The topological polar surface area (TPSA) is 72.6 Å². The van der Waals surface area contributed by atoms with Crippen LogP contribution in [0.1, 0.15) is 36.1 Å². The van der Waals surface area contributed by atoms with Crippen LogP contribution in [-0.2, 0) is 4.74 Å². The van der Waals surface area contributed by atoms with Crippen molar-refractivity contribution in [3.8, 4) is 0 Å². The molecule has 0 aliphatic carbocycles. The number of benzene rings is 1. The molecular weight excluding hydrogens is 306 g/mol. The average Bonchev–Trinajstić information content (AvgIpc) is 3.04. The van der Waals surface area contributed by atoms with Gasteiger partial charge in [-0.05, 0) is 31.5 Å². The van der Waals surface area contributed by atoms with Gasteiger partial charge in [0.05, 0.1) is 12.6 Å². The maximum atomic E-state index is 12.0. The number of hydrogen-bond donors (Lipinski definition) is 0. The van der Waals surface area contributed by atoms with Gasteiger partial charge in [-0.25, -0.2) is 4.79 Å². The van der Waals surface area contributed by atoms with Gasteiger partial charge in [-0.3, -0.25) is 0 Å². The number of rotatable bonds is 5. The Kier molecular flexibility index (Phi) is 4.41. The Labute approximate surface area is 139 Å². The molecule has 0 unspecified atom stereocenters. The molecule has 2 aromatic heterocycles. The summed E-state index contributed by atoms with van der Waals surface area (Å²) in [7, 11) is 1.96. The van der Waals surface area contributed by atoms with Gasteiger partial charge in [0.15, 0.2) is 5.65 Å². The van der Waals surface area contributed by atoms with E-state index in [0.29, 0.717) is 11.5 Å². The van der Waals surface area contributed by atoms with E-state index in [4.69, 9.17) is 4.74 Å². The van der Waals surface area contributed by atoms with Gasteiger partial charge in [-0.1, -0.05) is 30.3 Å². The molecular formula is C17H19N5O2. The van der Waals surface area contributed by atoms with Crippen molar-refractivity contribution < 1.29 is 9.53 Å². The fraction of sp³-hybridized carbons (Fsp3) is 0.294. The maximum absolute atomic E-state index is 12.0. The second kappa shape index (κ2) is 6.66. The molecule has 1 aromatic carbocycles. The number of hydrogen-bond acceptors (Lipinski definition) is 6. The highest BCUT2D eigenvalue weighted by Gasteiger charge is 2.19. The normalized spacial score (nSPS) is 12.1. The zero-order chi connectivity index (χ0) is 17.1. The van der Waals surface area contributed by atoms with E-state index in [0.717, 1.165) is 0 Å². The van der Waals surface area contributed by atoms with Crippen molar-refractivity contribution in [2.24, 2.45) is 0 Å². The molecule has 7 nitrogen and oxygen atoms in total. The van der Waals surface area contributed by atoms with Gasteiger partial charge in [-0.15, -0.1) is 15.3 Å². The molecule has 0 saturated heterocycles. The number of esters is 1. The number of ether oxygens (including phenoxy) is 1. The monoisotopic (exact) mass is 325 g/mol. The van der Waals surface area contributed by atoms with Gasteiger partial charge in [0.1, 0.15) is 5.82 Å². The quantitative estimate of drug-likeness (QED) is 0.671.